The Kier molecular flexibility index (Phi) is 4.69. The van der Waals surface area contributed by atoms with Crippen molar-refractivity contribution in [3.63, 3.8) is 0 Å². The van der Waals surface area contributed by atoms with Gasteiger partial charge in [-0.1, -0.05) is 24.8 Å². The van der Waals surface area contributed by atoms with E-state index < -0.39 is 6.04 Å². The normalized spacial score (nSPS) is 15.8. The molecule has 0 aromatic heterocycles. The van der Waals surface area contributed by atoms with Crippen LogP contribution >= 0.6 is 0 Å². The standard InChI is InChI=1S/C13H18N2O2/c1-4-11(16)15(3)12(13(17)14-2)10-8-6-5-7-9-10/h4,6,8-9,12H,1,5,7H2,2-3H3,(H,14,17)/t12-/m0/s1. The number of nitrogens with zero attached hydrogens (tertiary/aromatic N) is 1. The van der Waals surface area contributed by atoms with Gasteiger partial charge in [-0.2, -0.15) is 0 Å². The Morgan fingerprint density at radius 3 is 2.71 bits per heavy atom. The van der Waals surface area contributed by atoms with Crippen LogP contribution in [-0.4, -0.2) is 36.9 Å². The van der Waals surface area contributed by atoms with Gasteiger partial charge < -0.3 is 10.2 Å². The van der Waals surface area contributed by atoms with Crippen molar-refractivity contribution in [3.8, 4) is 0 Å². The van der Waals surface area contributed by atoms with E-state index in [1.54, 1.807) is 14.1 Å². The van der Waals surface area contributed by atoms with Crippen molar-refractivity contribution in [3.05, 3.63) is 36.5 Å². The minimum absolute atomic E-state index is 0.194. The van der Waals surface area contributed by atoms with Crippen LogP contribution in [0.2, 0.25) is 0 Å². The number of nitrogens with one attached hydrogen (secondary N) is 1. The molecule has 2 amide bonds. The molecule has 0 spiro atoms. The first-order valence-corrected chi connectivity index (χ1v) is 5.59. The molecular formula is C13H18N2O2. The number of carbonyl (C=O) groups is 2. The number of amides is 2. The molecule has 0 saturated heterocycles. The van der Waals surface area contributed by atoms with Crippen molar-refractivity contribution < 1.29 is 9.59 Å². The van der Waals surface area contributed by atoms with Crippen molar-refractivity contribution in [2.45, 2.75) is 18.9 Å². The molecule has 0 heterocycles. The van der Waals surface area contributed by atoms with Crippen molar-refractivity contribution >= 4 is 11.8 Å². The molecule has 0 aliphatic heterocycles. The fourth-order valence-corrected chi connectivity index (χ4v) is 1.80. The summed E-state index contributed by atoms with van der Waals surface area (Å²) in [6.07, 6.45) is 8.99. The van der Waals surface area contributed by atoms with Gasteiger partial charge >= 0.3 is 0 Å². The summed E-state index contributed by atoms with van der Waals surface area (Å²) in [6.45, 7) is 3.43. The van der Waals surface area contributed by atoms with Crippen LogP contribution in [0.3, 0.4) is 0 Å². The van der Waals surface area contributed by atoms with Gasteiger partial charge in [-0.25, -0.2) is 0 Å². The second kappa shape index (κ2) is 6.03. The van der Waals surface area contributed by atoms with Gasteiger partial charge in [0.2, 0.25) is 11.8 Å². The molecule has 1 aliphatic carbocycles. The summed E-state index contributed by atoms with van der Waals surface area (Å²) in [7, 11) is 3.17. The summed E-state index contributed by atoms with van der Waals surface area (Å²) in [6, 6.07) is -0.581. The molecular weight excluding hydrogens is 216 g/mol. The van der Waals surface area contributed by atoms with Gasteiger partial charge in [-0.15, -0.1) is 0 Å². The molecule has 1 N–H and O–H groups in total. The maximum atomic E-state index is 11.9. The first-order chi connectivity index (χ1) is 8.11. The van der Waals surface area contributed by atoms with Gasteiger partial charge in [0.1, 0.15) is 6.04 Å². The number of rotatable bonds is 4. The lowest BCUT2D eigenvalue weighted by Crippen LogP contribution is -2.47. The number of hydrogen-bond donors (Lipinski definition) is 1. The van der Waals surface area contributed by atoms with Crippen molar-refractivity contribution in [2.75, 3.05) is 14.1 Å². The molecule has 0 aromatic rings. The van der Waals surface area contributed by atoms with E-state index >= 15 is 0 Å². The predicted molar refractivity (Wildman–Crippen MR) is 67.3 cm³/mol. The lowest BCUT2D eigenvalue weighted by molar-refractivity contribution is -0.134. The third-order valence-corrected chi connectivity index (χ3v) is 2.74. The van der Waals surface area contributed by atoms with Gasteiger partial charge in [-0.3, -0.25) is 9.59 Å². The van der Waals surface area contributed by atoms with Gasteiger partial charge in [0.15, 0.2) is 0 Å². The molecule has 0 fully saturated rings. The quantitative estimate of drug-likeness (QED) is 0.738. The SMILES string of the molecule is C=CC(=O)N(C)[C@H](C(=O)NC)C1=CCCC=C1. The van der Waals surface area contributed by atoms with Crippen LogP contribution in [0, 0.1) is 0 Å². The highest BCUT2D eigenvalue weighted by atomic mass is 16.2. The molecule has 1 rings (SSSR count). The fourth-order valence-electron chi connectivity index (χ4n) is 1.80. The Bertz CT molecular complexity index is 383. The predicted octanol–water partition coefficient (Wildman–Crippen LogP) is 1.02. The minimum Gasteiger partial charge on any atom is -0.357 e. The van der Waals surface area contributed by atoms with Crippen LogP contribution in [0.4, 0.5) is 0 Å². The molecule has 0 aromatic carbocycles. The molecule has 4 heteroatoms. The van der Waals surface area contributed by atoms with Gasteiger partial charge in [0.25, 0.3) is 0 Å². The van der Waals surface area contributed by atoms with Crippen LogP contribution in [0.1, 0.15) is 12.8 Å². The largest absolute Gasteiger partial charge is 0.357 e. The fraction of sp³-hybridized carbons (Fsp3) is 0.385. The molecule has 4 nitrogen and oxygen atoms in total. The Balaban J connectivity index is 2.99. The summed E-state index contributed by atoms with van der Waals surface area (Å²) in [5.41, 5.74) is 0.855. The summed E-state index contributed by atoms with van der Waals surface area (Å²) in [5, 5.41) is 2.58. The highest BCUT2D eigenvalue weighted by Crippen LogP contribution is 2.17. The summed E-state index contributed by atoms with van der Waals surface area (Å²) in [4.78, 5) is 24.8. The van der Waals surface area contributed by atoms with Crippen LogP contribution in [0.5, 0.6) is 0 Å². The van der Waals surface area contributed by atoms with E-state index in [1.807, 2.05) is 18.2 Å². The topological polar surface area (TPSA) is 49.4 Å². The monoisotopic (exact) mass is 234 g/mol. The number of likely N-dealkylation sites (N-methyl/N-ethyl adjacent to an activating group) is 2. The highest BCUT2D eigenvalue weighted by molar-refractivity contribution is 5.94. The van der Waals surface area contributed by atoms with Crippen LogP contribution in [0.25, 0.3) is 0 Å². The van der Waals surface area contributed by atoms with E-state index in [1.165, 1.54) is 11.0 Å². The van der Waals surface area contributed by atoms with Crippen molar-refractivity contribution in [1.29, 1.82) is 0 Å². The van der Waals surface area contributed by atoms with Crippen LogP contribution < -0.4 is 5.32 Å². The average Bonchev–Trinajstić information content (AvgIpc) is 2.38. The zero-order valence-corrected chi connectivity index (χ0v) is 10.3. The lowest BCUT2D eigenvalue weighted by Gasteiger charge is -2.27. The Labute approximate surface area is 102 Å². The minimum atomic E-state index is -0.581. The molecule has 1 atom stereocenters. The summed E-state index contributed by atoms with van der Waals surface area (Å²) >= 11 is 0. The maximum Gasteiger partial charge on any atom is 0.247 e. The van der Waals surface area contributed by atoms with Crippen LogP contribution in [-0.2, 0) is 9.59 Å². The van der Waals surface area contributed by atoms with Gasteiger partial charge in [0, 0.05) is 14.1 Å². The lowest BCUT2D eigenvalue weighted by atomic mass is 9.98. The Hall–Kier alpha value is -1.84. The van der Waals surface area contributed by atoms with Crippen molar-refractivity contribution in [1.82, 2.24) is 10.2 Å². The molecule has 0 saturated carbocycles. The maximum absolute atomic E-state index is 11.9. The molecule has 92 valence electrons. The van der Waals surface area contributed by atoms with E-state index in [-0.39, 0.29) is 11.8 Å². The summed E-state index contributed by atoms with van der Waals surface area (Å²) < 4.78 is 0. The van der Waals surface area contributed by atoms with Crippen molar-refractivity contribution in [2.24, 2.45) is 0 Å². The molecule has 0 unspecified atom stereocenters. The third-order valence-electron chi connectivity index (χ3n) is 2.74. The number of allylic oxidation sites excluding steroid dienone is 2. The second-order valence-electron chi connectivity index (χ2n) is 3.85. The first-order valence-electron chi connectivity index (χ1n) is 5.59. The van der Waals surface area contributed by atoms with E-state index in [0.717, 1.165) is 18.4 Å². The third kappa shape index (κ3) is 3.06. The van der Waals surface area contributed by atoms with E-state index in [9.17, 15) is 9.59 Å². The molecule has 0 bridgehead atoms. The Morgan fingerprint density at radius 1 is 1.53 bits per heavy atom. The molecule has 0 radical (unpaired) electrons. The number of hydrogen-bond acceptors (Lipinski definition) is 2. The zero-order chi connectivity index (χ0) is 12.8. The van der Waals surface area contributed by atoms with Gasteiger partial charge in [-0.05, 0) is 24.5 Å². The van der Waals surface area contributed by atoms with E-state index in [2.05, 4.69) is 11.9 Å². The highest BCUT2D eigenvalue weighted by Gasteiger charge is 2.27. The van der Waals surface area contributed by atoms with E-state index in [0.29, 0.717) is 0 Å². The second-order valence-corrected chi connectivity index (χ2v) is 3.85. The smallest absolute Gasteiger partial charge is 0.247 e. The first kappa shape index (κ1) is 13.2. The van der Waals surface area contributed by atoms with Crippen LogP contribution in [0.15, 0.2) is 36.5 Å². The summed E-state index contributed by atoms with van der Waals surface area (Å²) in [5.74, 6) is -0.459. The Morgan fingerprint density at radius 2 is 2.24 bits per heavy atom. The molecule has 1 aliphatic rings. The average molecular weight is 234 g/mol. The zero-order valence-electron chi connectivity index (χ0n) is 10.3. The van der Waals surface area contributed by atoms with Gasteiger partial charge in [0.05, 0.1) is 0 Å². The number of carbonyl (C=O) groups excluding carboxylic acids is 2. The van der Waals surface area contributed by atoms with E-state index in [4.69, 9.17) is 0 Å². The molecule has 17 heavy (non-hydrogen) atoms.